The highest BCUT2D eigenvalue weighted by molar-refractivity contribution is 14.1. The summed E-state index contributed by atoms with van der Waals surface area (Å²) in [5.41, 5.74) is 9.69. The summed E-state index contributed by atoms with van der Waals surface area (Å²) in [7, 11) is 0. The van der Waals surface area contributed by atoms with E-state index < -0.39 is 0 Å². The van der Waals surface area contributed by atoms with Crippen LogP contribution in [-0.4, -0.2) is 9.78 Å². The first-order valence-corrected chi connectivity index (χ1v) is 7.15. The van der Waals surface area contributed by atoms with Gasteiger partial charge in [-0.3, -0.25) is 0 Å². The molecule has 0 saturated carbocycles. The number of benzene rings is 1. The summed E-state index contributed by atoms with van der Waals surface area (Å²) in [6.45, 7) is 2.07. The second-order valence-corrected chi connectivity index (χ2v) is 4.56. The fourth-order valence-electron chi connectivity index (χ4n) is 1.89. The third-order valence-corrected chi connectivity index (χ3v) is 3.49. The predicted octanol–water partition coefficient (Wildman–Crippen LogP) is 2.96. The van der Waals surface area contributed by atoms with Crippen molar-refractivity contribution in [2.24, 2.45) is 0 Å². The minimum Gasteiger partial charge on any atom is -0.384 e. The molecule has 0 aliphatic rings. The van der Waals surface area contributed by atoms with Crippen molar-refractivity contribution in [2.45, 2.75) is 17.9 Å². The number of aromatic nitrogens is 2. The van der Waals surface area contributed by atoms with Gasteiger partial charge < -0.3 is 5.73 Å². The van der Waals surface area contributed by atoms with Gasteiger partial charge in [-0.25, -0.2) is 4.68 Å². The topological polar surface area (TPSA) is 67.6 Å². The molecule has 0 spiro atoms. The first-order chi connectivity index (χ1) is 8.71. The largest absolute Gasteiger partial charge is 0.384 e. The van der Waals surface area contributed by atoms with E-state index in [-0.39, 0.29) is 0 Å². The molecule has 4 nitrogen and oxygen atoms in total. The molecule has 92 valence electrons. The second kappa shape index (κ2) is 5.40. The van der Waals surface area contributed by atoms with Crippen molar-refractivity contribution in [1.82, 2.24) is 9.78 Å². The molecule has 0 aliphatic carbocycles. The number of anilines is 1. The van der Waals surface area contributed by atoms with Gasteiger partial charge >= 0.3 is 0 Å². The lowest BCUT2D eigenvalue weighted by molar-refractivity contribution is 0.782. The Kier molecular flexibility index (Phi) is 3.87. The molecule has 0 bridgehead atoms. The molecule has 0 aliphatic heterocycles. The lowest BCUT2D eigenvalue weighted by Gasteiger charge is -2.00. The number of hydrogen-bond acceptors (Lipinski definition) is 3. The zero-order chi connectivity index (χ0) is 13.1. The average molecular weight is 352 g/mol. The number of nitrogens with zero attached hydrogens (tertiary/aromatic N) is 3. The maximum atomic E-state index is 8.80. The van der Waals surface area contributed by atoms with Gasteiger partial charge in [-0.2, -0.15) is 10.4 Å². The molecule has 18 heavy (non-hydrogen) atoms. The van der Waals surface area contributed by atoms with Crippen LogP contribution in [0.1, 0.15) is 18.1 Å². The van der Waals surface area contributed by atoms with Crippen molar-refractivity contribution in [2.75, 3.05) is 5.73 Å². The molecule has 0 saturated heterocycles. The van der Waals surface area contributed by atoms with Gasteiger partial charge in [-0.1, -0.05) is 41.6 Å². The second-order valence-electron chi connectivity index (χ2n) is 3.87. The maximum Gasteiger partial charge on any atom is 0.126 e. The molecule has 0 unspecified atom stereocenters. The van der Waals surface area contributed by atoms with Crippen LogP contribution in [0.25, 0.3) is 11.3 Å². The van der Waals surface area contributed by atoms with E-state index in [1.165, 1.54) is 0 Å². The number of halogens is 1. The first-order valence-electron chi connectivity index (χ1n) is 5.63. The Balaban J connectivity index is 2.52. The summed E-state index contributed by atoms with van der Waals surface area (Å²) in [6.07, 6.45) is 0.845. The van der Waals surface area contributed by atoms with Crippen molar-refractivity contribution in [3.8, 4) is 17.3 Å². The molecule has 1 aromatic heterocycles. The van der Waals surface area contributed by atoms with Crippen molar-refractivity contribution in [3.05, 3.63) is 35.4 Å². The Labute approximate surface area is 120 Å². The number of hydrogen-bond donors (Lipinski definition) is 1. The van der Waals surface area contributed by atoms with E-state index in [9.17, 15) is 0 Å². The van der Waals surface area contributed by atoms with Gasteiger partial charge in [-0.05, 0) is 18.6 Å². The average Bonchev–Trinajstić information content (AvgIpc) is 2.75. The Bertz CT molecular complexity index is 593. The van der Waals surface area contributed by atoms with E-state index in [0.717, 1.165) is 33.6 Å². The normalized spacial score (nSPS) is 10.3. The number of rotatable bonds is 3. The van der Waals surface area contributed by atoms with Crippen LogP contribution in [0.3, 0.4) is 0 Å². The van der Waals surface area contributed by atoms with Crippen molar-refractivity contribution >= 4 is 28.4 Å². The Morgan fingerprint density at radius 3 is 2.56 bits per heavy atom. The molecule has 0 atom stereocenters. The van der Waals surface area contributed by atoms with E-state index in [1.54, 1.807) is 16.8 Å². The van der Waals surface area contributed by atoms with Crippen LogP contribution in [-0.2, 0) is 11.0 Å². The van der Waals surface area contributed by atoms with Crippen LogP contribution in [0, 0.1) is 11.3 Å². The lowest BCUT2D eigenvalue weighted by atomic mass is 10.0. The fourth-order valence-corrected chi connectivity index (χ4v) is 2.41. The van der Waals surface area contributed by atoms with Crippen molar-refractivity contribution in [3.63, 3.8) is 0 Å². The third-order valence-electron chi connectivity index (χ3n) is 2.85. The molecule has 2 aromatic rings. The Morgan fingerprint density at radius 2 is 2.06 bits per heavy atom. The maximum absolute atomic E-state index is 8.80. The summed E-state index contributed by atoms with van der Waals surface area (Å²) in [6, 6.07) is 9.54. The number of alkyl halides is 1. The van der Waals surface area contributed by atoms with Crippen LogP contribution >= 0.6 is 22.6 Å². The van der Waals surface area contributed by atoms with Crippen molar-refractivity contribution < 1.29 is 0 Å². The molecule has 1 heterocycles. The van der Waals surface area contributed by atoms with Gasteiger partial charge in [0, 0.05) is 11.1 Å². The lowest BCUT2D eigenvalue weighted by Crippen LogP contribution is -2.01. The van der Waals surface area contributed by atoms with Gasteiger partial charge in [-0.15, -0.1) is 0 Å². The van der Waals surface area contributed by atoms with E-state index in [2.05, 4.69) is 40.7 Å². The fraction of sp³-hybridized carbons (Fsp3) is 0.231. The van der Waals surface area contributed by atoms with Gasteiger partial charge in [0.2, 0.25) is 0 Å². The standard InChI is InChI=1S/C13H13IN4/c1-2-11-12(17-18(8-14)13(11)16)10-5-3-9(7-15)4-6-10/h3-6H,2,8,16H2,1H3. The quantitative estimate of drug-likeness (QED) is 0.682. The van der Waals surface area contributed by atoms with Gasteiger partial charge in [0.05, 0.1) is 21.9 Å². The Hall–Kier alpha value is -1.55. The summed E-state index contributed by atoms with van der Waals surface area (Å²) in [4.78, 5) is 0. The summed E-state index contributed by atoms with van der Waals surface area (Å²) in [5, 5.41) is 13.3. The molecule has 0 radical (unpaired) electrons. The number of nitrogens with two attached hydrogens (primary N) is 1. The highest BCUT2D eigenvalue weighted by Gasteiger charge is 2.14. The van der Waals surface area contributed by atoms with Crippen LogP contribution in [0.15, 0.2) is 24.3 Å². The molecule has 0 fully saturated rings. The van der Waals surface area contributed by atoms with Crippen molar-refractivity contribution in [1.29, 1.82) is 5.26 Å². The van der Waals surface area contributed by atoms with E-state index in [4.69, 9.17) is 11.0 Å². The third kappa shape index (κ3) is 2.20. The van der Waals surface area contributed by atoms with Crippen LogP contribution in [0.5, 0.6) is 0 Å². The van der Waals surface area contributed by atoms with Crippen LogP contribution in [0.4, 0.5) is 5.82 Å². The zero-order valence-electron chi connectivity index (χ0n) is 10.0. The highest BCUT2D eigenvalue weighted by atomic mass is 127. The molecule has 2 N–H and O–H groups in total. The summed E-state index contributed by atoms with van der Waals surface area (Å²) >= 11 is 2.23. The molecule has 2 rings (SSSR count). The molecular weight excluding hydrogens is 339 g/mol. The monoisotopic (exact) mass is 352 g/mol. The predicted molar refractivity (Wildman–Crippen MR) is 80.2 cm³/mol. The molecule has 0 amide bonds. The van der Waals surface area contributed by atoms with E-state index in [1.807, 2.05) is 12.1 Å². The minimum atomic E-state index is 0.651. The molecular formula is C13H13IN4. The van der Waals surface area contributed by atoms with Gasteiger partial charge in [0.25, 0.3) is 0 Å². The summed E-state index contributed by atoms with van der Waals surface area (Å²) < 4.78 is 2.53. The highest BCUT2D eigenvalue weighted by Crippen LogP contribution is 2.28. The van der Waals surface area contributed by atoms with Gasteiger partial charge in [0.1, 0.15) is 5.82 Å². The Morgan fingerprint density at radius 1 is 1.39 bits per heavy atom. The molecule has 1 aromatic carbocycles. The van der Waals surface area contributed by atoms with E-state index >= 15 is 0 Å². The SMILES string of the molecule is CCc1c(-c2ccc(C#N)cc2)nn(CI)c1N. The zero-order valence-corrected chi connectivity index (χ0v) is 12.2. The van der Waals surface area contributed by atoms with E-state index in [0.29, 0.717) is 5.56 Å². The van der Waals surface area contributed by atoms with Gasteiger partial charge in [0.15, 0.2) is 0 Å². The smallest absolute Gasteiger partial charge is 0.126 e. The first kappa shape index (κ1) is 12.9. The number of nitrogen functional groups attached to an aromatic ring is 1. The minimum absolute atomic E-state index is 0.651. The van der Waals surface area contributed by atoms with Crippen LogP contribution in [0.2, 0.25) is 0 Å². The van der Waals surface area contributed by atoms with Crippen LogP contribution < -0.4 is 5.73 Å². The molecule has 5 heteroatoms. The number of nitriles is 1. The summed E-state index contributed by atoms with van der Waals surface area (Å²) in [5.74, 6) is 0.728.